The van der Waals surface area contributed by atoms with E-state index in [-0.39, 0.29) is 11.9 Å². The van der Waals surface area contributed by atoms with Crippen LogP contribution in [0.2, 0.25) is 0 Å². The molecule has 0 aliphatic carbocycles. The van der Waals surface area contributed by atoms with E-state index in [0.717, 1.165) is 19.5 Å². The molecule has 1 aromatic carbocycles. The van der Waals surface area contributed by atoms with Crippen LogP contribution in [0.25, 0.3) is 0 Å². The first kappa shape index (κ1) is 12.1. The largest absolute Gasteiger partial charge is 0.355 e. The Bertz CT molecular complexity index is 394. The number of hydrogen-bond donors (Lipinski definition) is 2. The van der Waals surface area contributed by atoms with Gasteiger partial charge in [-0.1, -0.05) is 18.2 Å². The number of carbonyl (C=O) groups excluding carboxylic acids is 1. The molecule has 0 saturated carbocycles. The summed E-state index contributed by atoms with van der Waals surface area (Å²) in [5, 5.41) is 6.32. The summed E-state index contributed by atoms with van der Waals surface area (Å²) in [4.78, 5) is 11.5. The summed E-state index contributed by atoms with van der Waals surface area (Å²) in [5.41, 5.74) is 4.01. The van der Waals surface area contributed by atoms with Crippen molar-refractivity contribution in [3.63, 3.8) is 0 Å². The number of nitrogens with one attached hydrogen (secondary N) is 2. The molecule has 0 bridgehead atoms. The van der Waals surface area contributed by atoms with Crippen LogP contribution in [-0.2, 0) is 11.2 Å². The molecule has 0 spiro atoms. The number of rotatable bonds is 2. The molecule has 0 radical (unpaired) electrons. The van der Waals surface area contributed by atoms with Crippen molar-refractivity contribution in [2.75, 3.05) is 13.1 Å². The zero-order chi connectivity index (χ0) is 12.3. The van der Waals surface area contributed by atoms with Crippen molar-refractivity contribution in [3.8, 4) is 0 Å². The zero-order valence-electron chi connectivity index (χ0n) is 10.5. The minimum atomic E-state index is 0.159. The second-order valence-corrected chi connectivity index (χ2v) is 4.78. The molecule has 2 N–H and O–H groups in total. The van der Waals surface area contributed by atoms with Gasteiger partial charge >= 0.3 is 0 Å². The Morgan fingerprint density at radius 2 is 1.94 bits per heavy atom. The third kappa shape index (κ3) is 3.07. The van der Waals surface area contributed by atoms with E-state index in [1.165, 1.54) is 16.7 Å². The van der Waals surface area contributed by atoms with Crippen molar-refractivity contribution in [2.45, 2.75) is 32.7 Å². The Kier molecular flexibility index (Phi) is 3.79. The van der Waals surface area contributed by atoms with Gasteiger partial charge < -0.3 is 10.6 Å². The average Bonchev–Trinajstić information content (AvgIpc) is 2.48. The van der Waals surface area contributed by atoms with Crippen molar-refractivity contribution in [3.05, 3.63) is 34.9 Å². The molecule has 3 heteroatoms. The van der Waals surface area contributed by atoms with E-state index in [0.29, 0.717) is 6.42 Å². The average molecular weight is 232 g/mol. The van der Waals surface area contributed by atoms with Crippen LogP contribution in [-0.4, -0.2) is 25.0 Å². The van der Waals surface area contributed by atoms with E-state index in [2.05, 4.69) is 42.7 Å². The molecule has 1 fully saturated rings. The van der Waals surface area contributed by atoms with Gasteiger partial charge in [0.05, 0.1) is 0 Å². The fourth-order valence-electron chi connectivity index (χ4n) is 2.41. The number of amides is 1. The predicted molar refractivity (Wildman–Crippen MR) is 69.0 cm³/mol. The van der Waals surface area contributed by atoms with Gasteiger partial charge in [0, 0.05) is 25.6 Å². The SMILES string of the molecule is Cc1cccc(C)c1CC1CC(=O)NCCN1. The summed E-state index contributed by atoms with van der Waals surface area (Å²) >= 11 is 0. The Morgan fingerprint density at radius 1 is 1.24 bits per heavy atom. The molecule has 1 atom stereocenters. The normalized spacial score (nSPS) is 20.8. The second kappa shape index (κ2) is 5.32. The van der Waals surface area contributed by atoms with Gasteiger partial charge in [0.15, 0.2) is 0 Å². The Labute approximate surface area is 103 Å². The lowest BCUT2D eigenvalue weighted by Crippen LogP contribution is -2.32. The summed E-state index contributed by atoms with van der Waals surface area (Å²) in [6.45, 7) is 5.88. The first-order valence-electron chi connectivity index (χ1n) is 6.22. The molecule has 17 heavy (non-hydrogen) atoms. The van der Waals surface area contributed by atoms with Crippen LogP contribution < -0.4 is 10.6 Å². The highest BCUT2D eigenvalue weighted by atomic mass is 16.1. The van der Waals surface area contributed by atoms with Crippen molar-refractivity contribution in [1.82, 2.24) is 10.6 Å². The molecular weight excluding hydrogens is 212 g/mol. The molecule has 3 nitrogen and oxygen atoms in total. The third-order valence-corrected chi connectivity index (χ3v) is 3.41. The molecule has 1 aromatic rings. The van der Waals surface area contributed by atoms with Crippen LogP contribution in [0.3, 0.4) is 0 Å². The van der Waals surface area contributed by atoms with Crippen molar-refractivity contribution >= 4 is 5.91 Å². The zero-order valence-corrected chi connectivity index (χ0v) is 10.5. The molecule has 92 valence electrons. The standard InChI is InChI=1S/C14H20N2O/c1-10-4-3-5-11(2)13(10)8-12-9-14(17)16-7-6-15-12/h3-5,12,15H,6-9H2,1-2H3,(H,16,17). The van der Waals surface area contributed by atoms with Gasteiger partial charge in [-0.2, -0.15) is 0 Å². The number of carbonyl (C=O) groups is 1. The van der Waals surface area contributed by atoms with Crippen LogP contribution in [0.1, 0.15) is 23.1 Å². The summed E-state index contributed by atoms with van der Waals surface area (Å²) in [7, 11) is 0. The van der Waals surface area contributed by atoms with Crippen LogP contribution >= 0.6 is 0 Å². The van der Waals surface area contributed by atoms with E-state index in [1.54, 1.807) is 0 Å². The Balaban J connectivity index is 2.11. The van der Waals surface area contributed by atoms with Gasteiger partial charge in [0.25, 0.3) is 0 Å². The molecular formula is C14H20N2O. The fraction of sp³-hybridized carbons (Fsp3) is 0.500. The summed E-state index contributed by atoms with van der Waals surface area (Å²) in [6, 6.07) is 6.62. The van der Waals surface area contributed by atoms with Gasteiger partial charge in [-0.25, -0.2) is 0 Å². The Morgan fingerprint density at radius 3 is 2.65 bits per heavy atom. The molecule has 1 aliphatic heterocycles. The molecule has 2 rings (SSSR count). The smallest absolute Gasteiger partial charge is 0.221 e. The Hall–Kier alpha value is -1.35. The maximum atomic E-state index is 11.5. The van der Waals surface area contributed by atoms with Crippen LogP contribution in [0.15, 0.2) is 18.2 Å². The van der Waals surface area contributed by atoms with Gasteiger partial charge in [0.2, 0.25) is 5.91 Å². The first-order chi connectivity index (χ1) is 8.16. The summed E-state index contributed by atoms with van der Waals surface area (Å²) in [5.74, 6) is 0.159. The van der Waals surface area contributed by atoms with Gasteiger partial charge in [-0.3, -0.25) is 4.79 Å². The predicted octanol–water partition coefficient (Wildman–Crippen LogP) is 1.32. The van der Waals surface area contributed by atoms with Gasteiger partial charge in [-0.05, 0) is 37.0 Å². The lowest BCUT2D eigenvalue weighted by Gasteiger charge is -2.17. The van der Waals surface area contributed by atoms with Crippen LogP contribution in [0.5, 0.6) is 0 Å². The first-order valence-corrected chi connectivity index (χ1v) is 6.22. The highest BCUT2D eigenvalue weighted by Crippen LogP contribution is 2.16. The topological polar surface area (TPSA) is 41.1 Å². The van der Waals surface area contributed by atoms with E-state index in [9.17, 15) is 4.79 Å². The van der Waals surface area contributed by atoms with Crippen LogP contribution in [0.4, 0.5) is 0 Å². The summed E-state index contributed by atoms with van der Waals surface area (Å²) < 4.78 is 0. The van der Waals surface area contributed by atoms with E-state index in [1.807, 2.05) is 0 Å². The van der Waals surface area contributed by atoms with Crippen molar-refractivity contribution in [1.29, 1.82) is 0 Å². The van der Waals surface area contributed by atoms with Crippen LogP contribution in [0, 0.1) is 13.8 Å². The molecule has 1 heterocycles. The lowest BCUT2D eigenvalue weighted by atomic mass is 9.95. The number of hydrogen-bond acceptors (Lipinski definition) is 2. The van der Waals surface area contributed by atoms with E-state index >= 15 is 0 Å². The van der Waals surface area contributed by atoms with E-state index < -0.39 is 0 Å². The number of benzene rings is 1. The van der Waals surface area contributed by atoms with Crippen molar-refractivity contribution < 1.29 is 4.79 Å². The highest BCUT2D eigenvalue weighted by Gasteiger charge is 2.18. The summed E-state index contributed by atoms with van der Waals surface area (Å²) in [6.07, 6.45) is 1.51. The number of aryl methyl sites for hydroxylation is 2. The molecule has 1 aliphatic rings. The molecule has 1 saturated heterocycles. The highest BCUT2D eigenvalue weighted by molar-refractivity contribution is 5.76. The molecule has 1 amide bonds. The van der Waals surface area contributed by atoms with Gasteiger partial charge in [0.1, 0.15) is 0 Å². The maximum Gasteiger partial charge on any atom is 0.221 e. The molecule has 0 aromatic heterocycles. The second-order valence-electron chi connectivity index (χ2n) is 4.78. The minimum Gasteiger partial charge on any atom is -0.355 e. The third-order valence-electron chi connectivity index (χ3n) is 3.41. The quantitative estimate of drug-likeness (QED) is 0.807. The van der Waals surface area contributed by atoms with E-state index in [4.69, 9.17) is 0 Å². The monoisotopic (exact) mass is 232 g/mol. The fourth-order valence-corrected chi connectivity index (χ4v) is 2.41. The van der Waals surface area contributed by atoms with Gasteiger partial charge in [-0.15, -0.1) is 0 Å². The van der Waals surface area contributed by atoms with Crippen molar-refractivity contribution in [2.24, 2.45) is 0 Å². The lowest BCUT2D eigenvalue weighted by molar-refractivity contribution is -0.121. The molecule has 1 unspecified atom stereocenters. The minimum absolute atomic E-state index is 0.159. The maximum absolute atomic E-state index is 11.5.